The number of hydrogen-bond donors (Lipinski definition) is 6. The summed E-state index contributed by atoms with van der Waals surface area (Å²) in [5.74, 6) is -12.0. The van der Waals surface area contributed by atoms with Gasteiger partial charge in [0.25, 0.3) is 11.8 Å². The van der Waals surface area contributed by atoms with Gasteiger partial charge >= 0.3 is 11.9 Å². The van der Waals surface area contributed by atoms with E-state index in [4.69, 9.17) is 24.6 Å². The fraction of sp³-hybridized carbons (Fsp3) is 0.667. The molecule has 0 bridgehead atoms. The van der Waals surface area contributed by atoms with E-state index < -0.39 is 179 Å². The molecule has 6 aliphatic rings. The summed E-state index contributed by atoms with van der Waals surface area (Å²) in [6, 6.07) is -7.79. The summed E-state index contributed by atoms with van der Waals surface area (Å²) in [7, 11) is 5.65. The number of benzene rings is 2. The highest BCUT2D eigenvalue weighted by molar-refractivity contribution is 6.11. The van der Waals surface area contributed by atoms with E-state index in [9.17, 15) is 38.4 Å². The van der Waals surface area contributed by atoms with Crippen molar-refractivity contribution in [3.05, 3.63) is 44.6 Å². The van der Waals surface area contributed by atoms with Crippen LogP contribution in [0.4, 0.5) is 5.69 Å². The van der Waals surface area contributed by atoms with Crippen molar-refractivity contribution in [1.29, 1.82) is 0 Å². The first kappa shape index (κ1) is 79.6. The van der Waals surface area contributed by atoms with Crippen molar-refractivity contribution in [3.63, 3.8) is 0 Å². The zero-order valence-electron chi connectivity index (χ0n) is 61.7. The molecule has 29 heteroatoms. The number of unbranched alkanes of at least 4 members (excludes halogenated alkanes) is 7. The molecular weight excluding hydrogens is 1300 g/mol. The Hall–Kier alpha value is -8.76. The van der Waals surface area contributed by atoms with Crippen LogP contribution in [-0.2, 0) is 57.4 Å². The number of nitrogens with zero attached hydrogens (tertiary/aromatic N) is 7. The maximum atomic E-state index is 15.9. The van der Waals surface area contributed by atoms with Gasteiger partial charge in [-0.3, -0.25) is 52.7 Å². The van der Waals surface area contributed by atoms with Crippen molar-refractivity contribution in [2.24, 2.45) is 29.4 Å². The third-order valence-corrected chi connectivity index (χ3v) is 19.9. The minimum atomic E-state index is -1.87. The van der Waals surface area contributed by atoms with E-state index in [-0.39, 0.29) is 71.8 Å². The Morgan fingerprint density at radius 2 is 1.03 bits per heavy atom. The molecule has 5 aliphatic heterocycles. The number of rotatable bonds is 19. The zero-order chi connectivity index (χ0) is 74.8. The summed E-state index contributed by atoms with van der Waals surface area (Å²) < 4.78 is 18.8. The summed E-state index contributed by atoms with van der Waals surface area (Å²) >= 11 is 0. The number of aromatic nitrogens is 1. The lowest BCUT2D eigenvalue weighted by Crippen LogP contribution is -2.61. The number of fused-ring (bicyclic) bond motifs is 4. The first-order chi connectivity index (χ1) is 47.6. The molecule has 556 valence electrons. The third-order valence-electron chi connectivity index (χ3n) is 19.9. The minimum Gasteiger partial charge on any atom is -0.458 e. The summed E-state index contributed by atoms with van der Waals surface area (Å²) in [4.78, 5) is 204. The normalized spacial score (nSPS) is 24.6. The monoisotopic (exact) mass is 1410 g/mol. The molecule has 101 heavy (non-hydrogen) atoms. The number of amides is 10. The summed E-state index contributed by atoms with van der Waals surface area (Å²) in [6.45, 7) is 19.6. The highest BCUT2D eigenvalue weighted by Gasteiger charge is 2.47. The van der Waals surface area contributed by atoms with Crippen molar-refractivity contribution in [2.75, 3.05) is 72.8 Å². The highest BCUT2D eigenvalue weighted by atomic mass is 16.6. The molecule has 0 saturated carbocycles. The molecule has 0 radical (unpaired) electrons. The molecular formula is C72H107N13O16. The van der Waals surface area contributed by atoms with Crippen LogP contribution in [0.2, 0.25) is 0 Å². The van der Waals surface area contributed by atoms with Crippen molar-refractivity contribution in [3.8, 4) is 11.5 Å². The number of hydrogen-bond acceptors (Lipinski definition) is 19. The predicted octanol–water partition coefficient (Wildman–Crippen LogP) is 3.63. The predicted molar refractivity (Wildman–Crippen MR) is 376 cm³/mol. The van der Waals surface area contributed by atoms with Crippen LogP contribution in [0.3, 0.4) is 0 Å². The van der Waals surface area contributed by atoms with Crippen molar-refractivity contribution in [1.82, 2.24) is 55.7 Å². The van der Waals surface area contributed by atoms with Gasteiger partial charge in [0, 0.05) is 53.4 Å². The molecule has 1 aliphatic carbocycles. The number of nitrogens with two attached hydrogens (primary N) is 1. The number of ether oxygens (including phenoxy) is 2. The maximum Gasteiger partial charge on any atom is 0.329 e. The van der Waals surface area contributed by atoms with Crippen molar-refractivity contribution >= 4 is 87.8 Å². The second kappa shape index (κ2) is 34.7. The van der Waals surface area contributed by atoms with Gasteiger partial charge in [-0.2, -0.15) is 0 Å². The zero-order valence-corrected chi connectivity index (χ0v) is 61.7. The van der Waals surface area contributed by atoms with Crippen LogP contribution < -0.4 is 37.7 Å². The SMILES string of the molecule is Cc1c2oc3c(C)ccc(C(=O)NC4C(=O)NC(C(C)C)C(=O)N5CCCC5C(=O)N(C)CC(=O)N(C)C(C(C)C)C(=O)OC4C)c3nc-2c(C(=O)NC2C(=O)NC(C(C)C)C(=O)N3CCCC3C(=O)N(C)CC(=O)N(C)C(C(C)C)C(=O)OC2C)c(NCCCCCCCCCCN)c1=O. The first-order valence-electron chi connectivity index (χ1n) is 35.8. The highest BCUT2D eigenvalue weighted by Crippen LogP contribution is 2.36. The second-order valence-corrected chi connectivity index (χ2v) is 29.0. The van der Waals surface area contributed by atoms with Crippen LogP contribution in [0, 0.1) is 37.5 Å². The average molecular weight is 1410 g/mol. The number of nitrogens with one attached hydrogen (secondary N) is 5. The number of cyclic esters (lactones) is 2. The van der Waals surface area contributed by atoms with Crippen LogP contribution in [-0.4, -0.2) is 233 Å². The summed E-state index contributed by atoms with van der Waals surface area (Å²) in [5, 5.41) is 14.2. The molecule has 5 heterocycles. The van der Waals surface area contributed by atoms with Crippen LogP contribution in [0.25, 0.3) is 22.6 Å². The van der Waals surface area contributed by atoms with E-state index >= 15 is 24.0 Å². The molecule has 10 atom stereocenters. The Balaban J connectivity index is 1.37. The van der Waals surface area contributed by atoms with E-state index in [1.165, 1.54) is 80.7 Å². The lowest BCUT2D eigenvalue weighted by molar-refractivity contribution is -0.163. The summed E-state index contributed by atoms with van der Waals surface area (Å²) in [5.41, 5.74) is 3.87. The van der Waals surface area contributed by atoms with E-state index in [0.29, 0.717) is 31.4 Å². The molecule has 4 fully saturated rings. The van der Waals surface area contributed by atoms with Gasteiger partial charge in [0.05, 0.1) is 29.9 Å². The standard InChI is InChI=1S/C72H107N13O16/c1-37(2)51-69(95)84-33-25-27-46(84)67(93)80(13)35-48(86)82(15)58(39(5)6)71(97)99-43(11)53(65(91)76-51)78-63(89)45-30-29-41(9)61-55(45)75-57-50(56(60(88)42(10)62(57)101-61)74-32-24-22-20-18-17-19-21-23-31-73)64(90)79-54-44(12)100-72(98)59(40(7)8)83(16)49(87)36-81(14)68(94)47-28-26-34-85(47)70(96)52(38(3)4)77-66(54)92/h29-30,37-40,43-44,46-47,51-54,58-59,74H,17-28,31-36,73H2,1-16H3,(H,76,91)(H,77,92)(H,78,89)(H,79,90). The number of likely N-dealkylation sites (N-methyl/N-ethyl adjacent to an activating group) is 4. The molecule has 0 aromatic heterocycles. The molecule has 7 N–H and O–H groups in total. The van der Waals surface area contributed by atoms with Crippen LogP contribution in [0.1, 0.15) is 178 Å². The quantitative estimate of drug-likeness (QED) is 0.0567. The topological polar surface area (TPSA) is 372 Å². The van der Waals surface area contributed by atoms with Crippen molar-refractivity contribution in [2.45, 2.75) is 221 Å². The third kappa shape index (κ3) is 18.1. The first-order valence-corrected chi connectivity index (χ1v) is 35.8. The van der Waals surface area contributed by atoms with E-state index in [0.717, 1.165) is 54.7 Å². The van der Waals surface area contributed by atoms with Gasteiger partial charge in [-0.1, -0.05) is 100.0 Å². The number of anilines is 1. The molecule has 4 saturated heterocycles. The van der Waals surface area contributed by atoms with Gasteiger partial charge in [-0.25, -0.2) is 14.6 Å². The van der Waals surface area contributed by atoms with Crippen LogP contribution >= 0.6 is 0 Å². The van der Waals surface area contributed by atoms with Gasteiger partial charge in [-0.05, 0) is 108 Å². The molecule has 10 amide bonds. The van der Waals surface area contributed by atoms with Gasteiger partial charge in [0.1, 0.15) is 71.8 Å². The van der Waals surface area contributed by atoms with Gasteiger partial charge in [0.2, 0.25) is 52.7 Å². The van der Waals surface area contributed by atoms with Gasteiger partial charge in [0.15, 0.2) is 11.3 Å². The lowest BCUT2D eigenvalue weighted by atomic mass is 9.97. The van der Waals surface area contributed by atoms with E-state index in [2.05, 4.69) is 26.6 Å². The van der Waals surface area contributed by atoms with Gasteiger partial charge < -0.3 is 75.6 Å². The average Bonchev–Trinajstić information content (AvgIpc) is 1.58. The fourth-order valence-electron chi connectivity index (χ4n) is 14.0. The molecule has 29 nitrogen and oxygen atoms in total. The Morgan fingerprint density at radius 3 is 1.47 bits per heavy atom. The fourth-order valence-corrected chi connectivity index (χ4v) is 14.0. The van der Waals surface area contributed by atoms with E-state index in [1.807, 2.05) is 0 Å². The Morgan fingerprint density at radius 1 is 0.594 bits per heavy atom. The Labute approximate surface area is 591 Å². The number of carbonyl (C=O) groups is 12. The molecule has 10 unspecified atom stereocenters. The lowest BCUT2D eigenvalue weighted by Gasteiger charge is -2.36. The largest absolute Gasteiger partial charge is 0.458 e. The number of carbonyl (C=O) groups excluding carboxylic acids is 12. The number of aryl methyl sites for hydroxylation is 1. The second-order valence-electron chi connectivity index (χ2n) is 29.0. The molecule has 0 spiro atoms. The number of esters is 2. The smallest absolute Gasteiger partial charge is 0.329 e. The Kier molecular flexibility index (Phi) is 27.4. The van der Waals surface area contributed by atoms with E-state index in [1.54, 1.807) is 62.3 Å². The molecule has 7 rings (SSSR count). The van der Waals surface area contributed by atoms with Crippen LogP contribution in [0.5, 0.6) is 0 Å². The van der Waals surface area contributed by atoms with Crippen molar-refractivity contribution < 1.29 is 71.4 Å². The Bertz CT molecular complexity index is 3630. The maximum absolute atomic E-state index is 15.9. The van der Waals surface area contributed by atoms with Gasteiger partial charge in [-0.15, -0.1) is 0 Å². The molecule has 1 aromatic carbocycles. The molecule has 1 aromatic rings. The van der Waals surface area contributed by atoms with Crippen LogP contribution in [0.15, 0.2) is 21.3 Å². The summed E-state index contributed by atoms with van der Waals surface area (Å²) in [6.07, 6.45) is 5.47. The minimum absolute atomic E-state index is 0.0113.